The van der Waals surface area contributed by atoms with E-state index in [4.69, 9.17) is 14.9 Å². The molecule has 6 nitrogen and oxygen atoms in total. The Hall–Kier alpha value is 0.0300. The zero-order chi connectivity index (χ0) is 10.5. The van der Waals surface area contributed by atoms with Gasteiger partial charge in [0.1, 0.15) is 0 Å². The van der Waals surface area contributed by atoms with Gasteiger partial charge in [0.05, 0.1) is 13.2 Å². The number of β-amino-alcohol motifs (C(OH)–C–C–N with tert-alkyl or cyclic N) is 1. The van der Waals surface area contributed by atoms with Gasteiger partial charge in [-0.15, -0.1) is 0 Å². The summed E-state index contributed by atoms with van der Waals surface area (Å²) >= 11 is 0. The summed E-state index contributed by atoms with van der Waals surface area (Å²) in [6, 6.07) is 0. The van der Waals surface area contributed by atoms with Crippen LogP contribution in [-0.2, 0) is 9.09 Å². The van der Waals surface area contributed by atoms with E-state index in [1.54, 1.807) is 13.8 Å². The van der Waals surface area contributed by atoms with Crippen LogP contribution in [0.2, 0.25) is 0 Å². The molecule has 0 aromatic heterocycles. The summed E-state index contributed by atoms with van der Waals surface area (Å²) in [4.78, 5) is 16.8. The first-order valence-corrected chi connectivity index (χ1v) is 5.36. The molecule has 0 radical (unpaired) electrons. The molecule has 7 heteroatoms. The van der Waals surface area contributed by atoms with Crippen LogP contribution in [-0.4, -0.2) is 40.2 Å². The van der Waals surface area contributed by atoms with Gasteiger partial charge >= 0.3 is 7.82 Å². The molecule has 0 saturated carbocycles. The second kappa shape index (κ2) is 5.05. The Balaban J connectivity index is 3.82. The average molecular weight is 213 g/mol. The number of hydrogen-bond donors (Lipinski definition) is 4. The topological polar surface area (TPSA) is 99.0 Å². The van der Waals surface area contributed by atoms with Crippen molar-refractivity contribution >= 4 is 7.82 Å². The third-order valence-electron chi connectivity index (χ3n) is 1.31. The van der Waals surface area contributed by atoms with E-state index < -0.39 is 13.4 Å². The fraction of sp³-hybridized carbons (Fsp3) is 1.00. The maximum Gasteiger partial charge on any atom is 0.469 e. The summed E-state index contributed by atoms with van der Waals surface area (Å²) in [6.07, 6.45) is 0. The van der Waals surface area contributed by atoms with E-state index in [-0.39, 0.29) is 13.2 Å². The van der Waals surface area contributed by atoms with Gasteiger partial charge in [-0.05, 0) is 13.8 Å². The van der Waals surface area contributed by atoms with Crippen molar-refractivity contribution in [3.63, 3.8) is 0 Å². The Labute approximate surface area is 77.2 Å². The number of nitrogens with one attached hydrogen (secondary N) is 1. The summed E-state index contributed by atoms with van der Waals surface area (Å²) in [7, 11) is -4.40. The normalized spacial score (nSPS) is 13.3. The Kier molecular flexibility index (Phi) is 5.06. The first-order valence-electron chi connectivity index (χ1n) is 3.83. The van der Waals surface area contributed by atoms with E-state index in [0.717, 1.165) is 0 Å². The number of phosphoric ester groups is 1. The monoisotopic (exact) mass is 213 g/mol. The Morgan fingerprint density at radius 1 is 1.46 bits per heavy atom. The molecule has 13 heavy (non-hydrogen) atoms. The highest BCUT2D eigenvalue weighted by Gasteiger charge is 2.22. The SMILES string of the molecule is CC(C)(COP(=O)(O)O)NCCO. The molecule has 0 fully saturated rings. The lowest BCUT2D eigenvalue weighted by Gasteiger charge is -2.25. The molecule has 0 saturated heterocycles. The third-order valence-corrected chi connectivity index (χ3v) is 1.77. The molecule has 0 aromatic carbocycles. The van der Waals surface area contributed by atoms with Gasteiger partial charge in [-0.2, -0.15) is 0 Å². The molecule has 0 unspecified atom stereocenters. The molecule has 0 aromatic rings. The van der Waals surface area contributed by atoms with Crippen LogP contribution in [0.4, 0.5) is 0 Å². The van der Waals surface area contributed by atoms with Crippen LogP contribution in [0.25, 0.3) is 0 Å². The molecule has 0 spiro atoms. The second-order valence-corrected chi connectivity index (χ2v) is 4.54. The largest absolute Gasteiger partial charge is 0.469 e. The molecule has 0 rings (SSSR count). The number of hydrogen-bond acceptors (Lipinski definition) is 4. The van der Waals surface area contributed by atoms with E-state index >= 15 is 0 Å². The van der Waals surface area contributed by atoms with Crippen LogP contribution >= 0.6 is 7.82 Å². The van der Waals surface area contributed by atoms with Crippen molar-refractivity contribution in [1.82, 2.24) is 5.32 Å². The summed E-state index contributed by atoms with van der Waals surface area (Å²) in [6.45, 7) is 3.66. The van der Waals surface area contributed by atoms with Gasteiger partial charge < -0.3 is 20.2 Å². The van der Waals surface area contributed by atoms with E-state index in [1.807, 2.05) is 0 Å². The fourth-order valence-electron chi connectivity index (χ4n) is 0.691. The van der Waals surface area contributed by atoms with Gasteiger partial charge in [0, 0.05) is 12.1 Å². The standard InChI is InChI=1S/C6H16NO5P/c1-6(2,7-3-4-8)5-12-13(9,10)11/h7-8H,3-5H2,1-2H3,(H2,9,10,11). The number of aliphatic hydroxyl groups is 1. The van der Waals surface area contributed by atoms with E-state index in [9.17, 15) is 4.57 Å². The summed E-state index contributed by atoms with van der Waals surface area (Å²) in [5, 5.41) is 11.4. The van der Waals surface area contributed by atoms with Crippen molar-refractivity contribution in [2.75, 3.05) is 19.8 Å². The number of aliphatic hydroxyl groups excluding tert-OH is 1. The maximum atomic E-state index is 10.3. The minimum atomic E-state index is -4.40. The minimum Gasteiger partial charge on any atom is -0.395 e. The lowest BCUT2D eigenvalue weighted by molar-refractivity contribution is 0.143. The van der Waals surface area contributed by atoms with Crippen LogP contribution in [0, 0.1) is 0 Å². The van der Waals surface area contributed by atoms with E-state index in [1.165, 1.54) is 0 Å². The Morgan fingerprint density at radius 2 is 2.00 bits per heavy atom. The van der Waals surface area contributed by atoms with Crippen LogP contribution in [0.15, 0.2) is 0 Å². The molecule has 80 valence electrons. The van der Waals surface area contributed by atoms with Gasteiger partial charge in [-0.1, -0.05) is 0 Å². The van der Waals surface area contributed by atoms with Crippen molar-refractivity contribution in [2.45, 2.75) is 19.4 Å². The highest BCUT2D eigenvalue weighted by Crippen LogP contribution is 2.36. The van der Waals surface area contributed by atoms with Gasteiger partial charge in [-0.3, -0.25) is 4.52 Å². The molecule has 0 aliphatic heterocycles. The van der Waals surface area contributed by atoms with Gasteiger partial charge in [0.2, 0.25) is 0 Å². The predicted molar refractivity (Wildman–Crippen MR) is 47.2 cm³/mol. The van der Waals surface area contributed by atoms with Gasteiger partial charge in [0.25, 0.3) is 0 Å². The maximum absolute atomic E-state index is 10.3. The highest BCUT2D eigenvalue weighted by molar-refractivity contribution is 7.46. The van der Waals surface area contributed by atoms with Crippen molar-refractivity contribution in [3.8, 4) is 0 Å². The summed E-state index contributed by atoms with van der Waals surface area (Å²) < 4.78 is 14.7. The highest BCUT2D eigenvalue weighted by atomic mass is 31.2. The van der Waals surface area contributed by atoms with Crippen molar-refractivity contribution < 1.29 is 24.0 Å². The quantitative estimate of drug-likeness (QED) is 0.442. The molecular weight excluding hydrogens is 197 g/mol. The predicted octanol–water partition coefficient (Wildman–Crippen LogP) is -0.544. The van der Waals surface area contributed by atoms with Crippen molar-refractivity contribution in [2.24, 2.45) is 0 Å². The first-order chi connectivity index (χ1) is 5.77. The molecule has 0 atom stereocenters. The summed E-state index contributed by atoms with van der Waals surface area (Å²) in [5.74, 6) is 0. The van der Waals surface area contributed by atoms with Crippen molar-refractivity contribution in [1.29, 1.82) is 0 Å². The number of rotatable bonds is 6. The van der Waals surface area contributed by atoms with Crippen LogP contribution in [0.5, 0.6) is 0 Å². The van der Waals surface area contributed by atoms with E-state index in [0.29, 0.717) is 6.54 Å². The fourth-order valence-corrected chi connectivity index (χ4v) is 1.18. The molecule has 0 bridgehead atoms. The molecule has 0 aliphatic carbocycles. The van der Waals surface area contributed by atoms with Crippen LogP contribution < -0.4 is 5.32 Å². The van der Waals surface area contributed by atoms with E-state index in [2.05, 4.69) is 9.84 Å². The Morgan fingerprint density at radius 3 is 2.38 bits per heavy atom. The molecule has 0 aliphatic rings. The Bertz CT molecular complexity index is 189. The third kappa shape index (κ3) is 8.36. The lowest BCUT2D eigenvalue weighted by atomic mass is 10.1. The van der Waals surface area contributed by atoms with Gasteiger partial charge in [0.15, 0.2) is 0 Å². The second-order valence-electron chi connectivity index (χ2n) is 3.30. The molecule has 4 N–H and O–H groups in total. The molecule has 0 heterocycles. The average Bonchev–Trinajstić information content (AvgIpc) is 1.97. The van der Waals surface area contributed by atoms with Crippen LogP contribution in [0.1, 0.15) is 13.8 Å². The number of phosphoric acid groups is 1. The first kappa shape index (κ1) is 13.0. The van der Waals surface area contributed by atoms with Gasteiger partial charge in [-0.25, -0.2) is 4.57 Å². The minimum absolute atomic E-state index is 0.0284. The summed E-state index contributed by atoms with van der Waals surface area (Å²) in [5.41, 5.74) is -0.566. The van der Waals surface area contributed by atoms with Crippen LogP contribution in [0.3, 0.4) is 0 Å². The molecular formula is C6H16NO5P. The zero-order valence-electron chi connectivity index (χ0n) is 7.73. The van der Waals surface area contributed by atoms with Crippen molar-refractivity contribution in [3.05, 3.63) is 0 Å². The molecule has 0 amide bonds. The lowest BCUT2D eigenvalue weighted by Crippen LogP contribution is -2.44. The zero-order valence-corrected chi connectivity index (χ0v) is 8.62. The smallest absolute Gasteiger partial charge is 0.395 e.